The highest BCUT2D eigenvalue weighted by Crippen LogP contribution is 2.16. The molecule has 1 nitrogen and oxygen atoms in total. The van der Waals surface area contributed by atoms with E-state index in [4.69, 9.17) is 5.11 Å². The molecule has 0 aliphatic carbocycles. The van der Waals surface area contributed by atoms with Gasteiger partial charge in [-0.1, -0.05) is 15.9 Å². The third-order valence-corrected chi connectivity index (χ3v) is 2.02. The maximum absolute atomic E-state index is 13.0. The lowest BCUT2D eigenvalue weighted by atomic mass is 10.1. The van der Waals surface area contributed by atoms with Crippen LogP contribution in [0.5, 0.6) is 0 Å². The Morgan fingerprint density at radius 3 is 2.83 bits per heavy atom. The first-order chi connectivity index (χ1) is 5.59. The summed E-state index contributed by atoms with van der Waals surface area (Å²) in [6.07, 6.45) is -0.153. The molecular formula is C9H10BrFO. The van der Waals surface area contributed by atoms with Crippen molar-refractivity contribution in [3.63, 3.8) is 0 Å². The minimum Gasteiger partial charge on any atom is -0.393 e. The summed E-state index contributed by atoms with van der Waals surface area (Å²) in [4.78, 5) is 0. The molecule has 1 aromatic carbocycles. The highest BCUT2D eigenvalue weighted by molar-refractivity contribution is 9.10. The Bertz CT molecular complexity index is 273. The Labute approximate surface area is 79.4 Å². The Morgan fingerprint density at radius 2 is 2.25 bits per heavy atom. The van der Waals surface area contributed by atoms with Gasteiger partial charge in [0, 0.05) is 10.9 Å². The fraction of sp³-hybridized carbons (Fsp3) is 0.333. The molecule has 12 heavy (non-hydrogen) atoms. The minimum absolute atomic E-state index is 0.265. The lowest BCUT2D eigenvalue weighted by molar-refractivity contribution is 0.194. The van der Waals surface area contributed by atoms with Crippen LogP contribution in [0, 0.1) is 5.82 Å². The van der Waals surface area contributed by atoms with Crippen molar-refractivity contribution < 1.29 is 9.50 Å². The largest absolute Gasteiger partial charge is 0.393 e. The molecule has 0 amide bonds. The Kier molecular flexibility index (Phi) is 3.23. The number of rotatable bonds is 2. The topological polar surface area (TPSA) is 20.2 Å². The number of hydrogen-bond acceptors (Lipinski definition) is 1. The Balaban J connectivity index is 2.90. The van der Waals surface area contributed by atoms with Crippen molar-refractivity contribution in [2.45, 2.75) is 19.4 Å². The monoisotopic (exact) mass is 232 g/mol. The van der Waals surface area contributed by atoms with Crippen molar-refractivity contribution in [3.8, 4) is 0 Å². The average molecular weight is 233 g/mol. The normalized spacial score (nSPS) is 13.0. The Morgan fingerprint density at radius 1 is 1.58 bits per heavy atom. The molecule has 0 aromatic heterocycles. The van der Waals surface area contributed by atoms with E-state index in [0.29, 0.717) is 12.0 Å². The number of aliphatic hydroxyl groups excluding tert-OH is 1. The van der Waals surface area contributed by atoms with Crippen LogP contribution >= 0.6 is 15.9 Å². The first kappa shape index (κ1) is 9.68. The Hall–Kier alpha value is -0.410. The lowest BCUT2D eigenvalue weighted by Crippen LogP contribution is -2.05. The van der Waals surface area contributed by atoms with Gasteiger partial charge in [-0.3, -0.25) is 0 Å². The number of benzene rings is 1. The molecule has 1 atom stereocenters. The van der Waals surface area contributed by atoms with Crippen LogP contribution in [0.25, 0.3) is 0 Å². The average Bonchev–Trinajstić information content (AvgIpc) is 1.96. The van der Waals surface area contributed by atoms with Gasteiger partial charge in [-0.25, -0.2) is 4.39 Å². The molecule has 0 unspecified atom stereocenters. The molecule has 0 saturated carbocycles. The van der Waals surface area contributed by atoms with E-state index >= 15 is 0 Å². The molecule has 0 heterocycles. The molecule has 3 heteroatoms. The van der Waals surface area contributed by atoms with E-state index in [0.717, 1.165) is 4.47 Å². The van der Waals surface area contributed by atoms with E-state index in [-0.39, 0.29) is 5.82 Å². The van der Waals surface area contributed by atoms with E-state index in [9.17, 15) is 4.39 Å². The smallest absolute Gasteiger partial charge is 0.126 e. The van der Waals surface area contributed by atoms with Crippen molar-refractivity contribution in [2.24, 2.45) is 0 Å². The molecule has 0 spiro atoms. The molecule has 0 aliphatic rings. The summed E-state index contributed by atoms with van der Waals surface area (Å²) >= 11 is 3.24. The van der Waals surface area contributed by atoms with Crippen LogP contribution < -0.4 is 0 Å². The molecule has 0 radical (unpaired) electrons. The summed E-state index contributed by atoms with van der Waals surface area (Å²) in [7, 11) is 0. The second-order valence-corrected chi connectivity index (χ2v) is 3.70. The maximum Gasteiger partial charge on any atom is 0.126 e. The zero-order valence-electron chi connectivity index (χ0n) is 6.72. The van der Waals surface area contributed by atoms with Crippen molar-refractivity contribution in [3.05, 3.63) is 34.1 Å². The number of halogens is 2. The quantitative estimate of drug-likeness (QED) is 0.832. The first-order valence-electron chi connectivity index (χ1n) is 3.71. The van der Waals surface area contributed by atoms with Gasteiger partial charge in [0.05, 0.1) is 6.10 Å². The fourth-order valence-corrected chi connectivity index (χ4v) is 1.43. The number of hydrogen-bond donors (Lipinski definition) is 1. The van der Waals surface area contributed by atoms with E-state index in [1.54, 1.807) is 19.1 Å². The third-order valence-electron chi connectivity index (χ3n) is 1.52. The van der Waals surface area contributed by atoms with Gasteiger partial charge >= 0.3 is 0 Å². The summed E-state index contributed by atoms with van der Waals surface area (Å²) in [5, 5.41) is 9.04. The van der Waals surface area contributed by atoms with Crippen LogP contribution in [0.2, 0.25) is 0 Å². The maximum atomic E-state index is 13.0. The van der Waals surface area contributed by atoms with Gasteiger partial charge in [0.25, 0.3) is 0 Å². The highest BCUT2D eigenvalue weighted by Gasteiger charge is 2.05. The van der Waals surface area contributed by atoms with Crippen LogP contribution in [0.3, 0.4) is 0 Å². The van der Waals surface area contributed by atoms with Crippen molar-refractivity contribution in [1.29, 1.82) is 0 Å². The van der Waals surface area contributed by atoms with Crippen LogP contribution in [0.15, 0.2) is 22.7 Å². The van der Waals surface area contributed by atoms with Crippen molar-refractivity contribution in [2.75, 3.05) is 0 Å². The summed E-state index contributed by atoms with van der Waals surface area (Å²) < 4.78 is 13.8. The summed E-state index contributed by atoms with van der Waals surface area (Å²) in [5.41, 5.74) is 0.541. The van der Waals surface area contributed by atoms with Crippen LogP contribution in [0.1, 0.15) is 12.5 Å². The molecule has 0 bridgehead atoms. The first-order valence-corrected chi connectivity index (χ1v) is 4.51. The van der Waals surface area contributed by atoms with Crippen LogP contribution in [-0.2, 0) is 6.42 Å². The standard InChI is InChI=1S/C9H10BrFO/c1-6(12)4-7-5-8(10)2-3-9(7)11/h2-3,5-6,12H,4H2,1H3/t6-/m1/s1. The second kappa shape index (κ2) is 4.01. The van der Waals surface area contributed by atoms with Crippen LogP contribution in [-0.4, -0.2) is 11.2 Å². The molecule has 1 N–H and O–H groups in total. The lowest BCUT2D eigenvalue weighted by Gasteiger charge is -2.05. The predicted octanol–water partition coefficient (Wildman–Crippen LogP) is 2.51. The van der Waals surface area contributed by atoms with E-state index in [1.807, 2.05) is 0 Å². The third kappa shape index (κ3) is 2.57. The predicted molar refractivity (Wildman–Crippen MR) is 49.5 cm³/mol. The van der Waals surface area contributed by atoms with Gasteiger partial charge in [0.1, 0.15) is 5.82 Å². The highest BCUT2D eigenvalue weighted by atomic mass is 79.9. The second-order valence-electron chi connectivity index (χ2n) is 2.79. The van der Waals surface area contributed by atoms with Crippen molar-refractivity contribution in [1.82, 2.24) is 0 Å². The molecule has 66 valence electrons. The van der Waals surface area contributed by atoms with Gasteiger partial charge in [-0.05, 0) is 30.7 Å². The zero-order chi connectivity index (χ0) is 9.14. The number of aliphatic hydroxyl groups is 1. The van der Waals surface area contributed by atoms with Crippen molar-refractivity contribution >= 4 is 15.9 Å². The van der Waals surface area contributed by atoms with E-state index in [1.165, 1.54) is 6.07 Å². The van der Waals surface area contributed by atoms with Gasteiger partial charge in [-0.2, -0.15) is 0 Å². The van der Waals surface area contributed by atoms with Gasteiger partial charge in [0.2, 0.25) is 0 Å². The SMILES string of the molecule is C[C@@H](O)Cc1cc(Br)ccc1F. The molecule has 1 aromatic rings. The molecular weight excluding hydrogens is 223 g/mol. The summed E-state index contributed by atoms with van der Waals surface area (Å²) in [6.45, 7) is 1.64. The molecule has 0 aliphatic heterocycles. The van der Waals surface area contributed by atoms with E-state index in [2.05, 4.69) is 15.9 Å². The summed E-state index contributed by atoms with van der Waals surface area (Å²) in [5.74, 6) is -0.265. The van der Waals surface area contributed by atoms with E-state index < -0.39 is 6.10 Å². The summed E-state index contributed by atoms with van der Waals surface area (Å²) in [6, 6.07) is 4.71. The molecule has 1 rings (SSSR count). The molecule has 0 fully saturated rings. The van der Waals surface area contributed by atoms with Gasteiger partial charge < -0.3 is 5.11 Å². The minimum atomic E-state index is -0.506. The van der Waals surface area contributed by atoms with Crippen LogP contribution in [0.4, 0.5) is 4.39 Å². The zero-order valence-corrected chi connectivity index (χ0v) is 8.31. The molecule has 0 saturated heterocycles. The van der Waals surface area contributed by atoms with Gasteiger partial charge in [-0.15, -0.1) is 0 Å². The fourth-order valence-electron chi connectivity index (χ4n) is 1.02. The van der Waals surface area contributed by atoms with Gasteiger partial charge in [0.15, 0.2) is 0 Å².